The van der Waals surface area contributed by atoms with Crippen LogP contribution in [0.3, 0.4) is 0 Å². The fraction of sp³-hybridized carbons (Fsp3) is 0.0476. The van der Waals surface area contributed by atoms with Crippen LogP contribution in [-0.2, 0) is 0 Å². The van der Waals surface area contributed by atoms with Gasteiger partial charge in [0.05, 0.1) is 0 Å². The van der Waals surface area contributed by atoms with E-state index in [4.69, 9.17) is 0 Å². The van der Waals surface area contributed by atoms with E-state index in [1.54, 1.807) is 5.92 Å². The Labute approximate surface area is 147 Å². The third-order valence-corrected chi connectivity index (χ3v) is 12.6. The molecule has 0 aliphatic carbocycles. The second kappa shape index (κ2) is 7.20. The summed E-state index contributed by atoms with van der Waals surface area (Å²) in [6, 6.07) is 28.1. The van der Waals surface area contributed by atoms with Crippen molar-refractivity contribution >= 4 is 26.5 Å². The summed E-state index contributed by atoms with van der Waals surface area (Å²) in [6.45, 7) is 0. The van der Waals surface area contributed by atoms with E-state index in [1.165, 1.54) is 0 Å². The number of hydrogen-bond acceptors (Lipinski definition) is 0. The number of rotatable bonds is 3. The molecule has 0 fully saturated rings. The monoisotopic (exact) mass is 398 g/mol. The van der Waals surface area contributed by atoms with Crippen molar-refractivity contribution in [2.45, 2.75) is 6.18 Å². The molecule has 25 heavy (non-hydrogen) atoms. The molecule has 0 unspecified atom stereocenters. The fourth-order valence-corrected chi connectivity index (χ4v) is 11.0. The van der Waals surface area contributed by atoms with Crippen LogP contribution < -0.4 is 13.2 Å². The second-order valence-electron chi connectivity index (χ2n) is 5.60. The summed E-state index contributed by atoms with van der Waals surface area (Å²) in [5, 5.41) is 0. The molecule has 0 saturated carbocycles. The van der Waals surface area contributed by atoms with Crippen molar-refractivity contribution in [3.63, 3.8) is 0 Å². The van der Waals surface area contributed by atoms with Crippen LogP contribution in [0.2, 0.25) is 0 Å². The number of halogens is 3. The van der Waals surface area contributed by atoms with Crippen molar-refractivity contribution in [1.29, 1.82) is 0 Å². The Hall–Kier alpha value is -2.45. The van der Waals surface area contributed by atoms with Crippen molar-refractivity contribution in [3.8, 4) is 10.7 Å². The van der Waals surface area contributed by atoms with Gasteiger partial charge in [-0.1, -0.05) is 0 Å². The first-order valence-corrected chi connectivity index (χ1v) is 12.0. The third kappa shape index (κ3) is 3.80. The van der Waals surface area contributed by atoms with Gasteiger partial charge in [0.2, 0.25) is 0 Å². The molecule has 3 rings (SSSR count). The van der Waals surface area contributed by atoms with Crippen LogP contribution in [-0.4, -0.2) is 19.4 Å². The molecule has 0 aliphatic heterocycles. The molecule has 0 atom stereocenters. The third-order valence-electron chi connectivity index (χ3n) is 4.01. The topological polar surface area (TPSA) is 0 Å². The molecule has 0 spiro atoms. The zero-order valence-corrected chi connectivity index (χ0v) is 15.4. The van der Waals surface area contributed by atoms with Crippen LogP contribution in [0.1, 0.15) is 0 Å². The zero-order chi connectivity index (χ0) is 17.8. The van der Waals surface area contributed by atoms with E-state index < -0.39 is 19.4 Å². The standard InChI is InChI=1S/C21H15F3Ge/c22-21(23,24)16-17-25(18-10-4-1-5-11-18,19-12-6-2-7-13-19)20-14-8-3-9-15-20/h1-15H. The minimum absolute atomic E-state index is 0.886. The predicted octanol–water partition coefficient (Wildman–Crippen LogP) is 3.26. The fourth-order valence-electron chi connectivity index (χ4n) is 2.95. The number of alkyl halides is 3. The Morgan fingerprint density at radius 3 is 1.16 bits per heavy atom. The molecular weight excluding hydrogens is 382 g/mol. The van der Waals surface area contributed by atoms with Crippen molar-refractivity contribution in [2.24, 2.45) is 0 Å². The molecule has 0 N–H and O–H groups in total. The first-order valence-electron chi connectivity index (χ1n) is 7.80. The molecule has 3 aromatic carbocycles. The Balaban J connectivity index is 2.37. The molecule has 0 aliphatic rings. The van der Waals surface area contributed by atoms with Crippen LogP contribution in [0.4, 0.5) is 13.2 Å². The summed E-state index contributed by atoms with van der Waals surface area (Å²) in [5.74, 6) is 1.59. The average Bonchev–Trinajstić information content (AvgIpc) is 2.64. The van der Waals surface area contributed by atoms with E-state index >= 15 is 0 Å². The van der Waals surface area contributed by atoms with Crippen molar-refractivity contribution < 1.29 is 13.2 Å². The average molecular weight is 397 g/mol. The summed E-state index contributed by atoms with van der Waals surface area (Å²) in [4.78, 5) is 0. The normalized spacial score (nSPS) is 11.5. The maximum absolute atomic E-state index is 13.0. The number of hydrogen-bond donors (Lipinski definition) is 0. The first kappa shape index (κ1) is 17.4. The van der Waals surface area contributed by atoms with Gasteiger partial charge in [-0.15, -0.1) is 0 Å². The van der Waals surface area contributed by atoms with E-state index in [9.17, 15) is 13.2 Å². The SMILES string of the molecule is FC(F)(F)C#[C][Ge]([c]1ccccc1)([c]1ccccc1)[c]1ccccc1. The van der Waals surface area contributed by atoms with Gasteiger partial charge in [-0.25, -0.2) is 0 Å². The predicted molar refractivity (Wildman–Crippen MR) is 97.8 cm³/mol. The van der Waals surface area contributed by atoms with E-state index in [2.05, 4.69) is 4.75 Å². The molecule has 0 aromatic heterocycles. The van der Waals surface area contributed by atoms with Gasteiger partial charge >= 0.3 is 147 Å². The molecule has 0 radical (unpaired) electrons. The van der Waals surface area contributed by atoms with Crippen LogP contribution >= 0.6 is 0 Å². The van der Waals surface area contributed by atoms with Crippen LogP contribution in [0.5, 0.6) is 0 Å². The van der Waals surface area contributed by atoms with E-state index in [0.717, 1.165) is 13.2 Å². The van der Waals surface area contributed by atoms with Crippen molar-refractivity contribution in [1.82, 2.24) is 0 Å². The molecule has 0 amide bonds. The summed E-state index contributed by atoms with van der Waals surface area (Å²) in [7, 11) is 0. The van der Waals surface area contributed by atoms with Gasteiger partial charge in [0.15, 0.2) is 0 Å². The summed E-state index contributed by atoms with van der Waals surface area (Å²) < 4.78 is 44.4. The maximum atomic E-state index is 13.0. The van der Waals surface area contributed by atoms with E-state index in [0.29, 0.717) is 0 Å². The van der Waals surface area contributed by atoms with Crippen LogP contribution in [0, 0.1) is 10.7 Å². The van der Waals surface area contributed by atoms with Crippen molar-refractivity contribution in [3.05, 3.63) is 91.0 Å². The van der Waals surface area contributed by atoms with Gasteiger partial charge in [-0.05, 0) is 0 Å². The van der Waals surface area contributed by atoms with Gasteiger partial charge < -0.3 is 0 Å². The molecule has 0 saturated heterocycles. The molecule has 3 aromatic rings. The molecule has 0 heterocycles. The summed E-state index contributed by atoms with van der Waals surface area (Å²) >= 11 is -3.79. The Morgan fingerprint density at radius 1 is 0.560 bits per heavy atom. The molecule has 0 nitrogen and oxygen atoms in total. The van der Waals surface area contributed by atoms with E-state index in [1.807, 2.05) is 91.0 Å². The van der Waals surface area contributed by atoms with Crippen molar-refractivity contribution in [2.75, 3.05) is 0 Å². The van der Waals surface area contributed by atoms with E-state index in [-0.39, 0.29) is 0 Å². The van der Waals surface area contributed by atoms with Gasteiger partial charge in [-0.2, -0.15) is 0 Å². The summed E-state index contributed by atoms with van der Waals surface area (Å²) in [5.41, 5.74) is 0. The van der Waals surface area contributed by atoms with Crippen LogP contribution in [0.15, 0.2) is 91.0 Å². The minimum atomic E-state index is -4.52. The van der Waals surface area contributed by atoms with Gasteiger partial charge in [0.1, 0.15) is 0 Å². The molecular formula is C21H15F3Ge. The number of benzene rings is 3. The molecule has 4 heteroatoms. The molecule has 0 bridgehead atoms. The second-order valence-corrected chi connectivity index (χ2v) is 12.9. The Bertz CT molecular complexity index is 780. The Kier molecular flexibility index (Phi) is 5.01. The summed E-state index contributed by atoms with van der Waals surface area (Å²) in [6.07, 6.45) is -4.52. The zero-order valence-electron chi connectivity index (χ0n) is 13.3. The Morgan fingerprint density at radius 2 is 0.880 bits per heavy atom. The quantitative estimate of drug-likeness (QED) is 0.471. The van der Waals surface area contributed by atoms with Gasteiger partial charge in [0.25, 0.3) is 0 Å². The van der Waals surface area contributed by atoms with Gasteiger partial charge in [0, 0.05) is 0 Å². The first-order chi connectivity index (χ1) is 12.0. The van der Waals surface area contributed by atoms with Crippen LogP contribution in [0.25, 0.3) is 0 Å². The van der Waals surface area contributed by atoms with Gasteiger partial charge in [-0.3, -0.25) is 0 Å². The molecule has 124 valence electrons.